The fourth-order valence-electron chi connectivity index (χ4n) is 1.57. The van der Waals surface area contributed by atoms with Crippen molar-refractivity contribution in [3.05, 3.63) is 29.6 Å². The van der Waals surface area contributed by atoms with Gasteiger partial charge < -0.3 is 10.4 Å². The van der Waals surface area contributed by atoms with Gasteiger partial charge in [-0.05, 0) is 24.6 Å². The molecule has 0 aliphatic carbocycles. The summed E-state index contributed by atoms with van der Waals surface area (Å²) in [5, 5.41) is 11.1. The Morgan fingerprint density at radius 2 is 2.00 bits per heavy atom. The lowest BCUT2D eigenvalue weighted by Gasteiger charge is -2.15. The zero-order valence-electron chi connectivity index (χ0n) is 11.4. The van der Waals surface area contributed by atoms with Gasteiger partial charge in [-0.25, -0.2) is 17.6 Å². The third-order valence-electron chi connectivity index (χ3n) is 2.53. The normalized spacial score (nSPS) is 12.5. The van der Waals surface area contributed by atoms with E-state index in [1.54, 1.807) is 6.92 Å². The molecule has 21 heavy (non-hydrogen) atoms. The summed E-state index contributed by atoms with van der Waals surface area (Å²) in [5.41, 5.74) is -0.420. The summed E-state index contributed by atoms with van der Waals surface area (Å²) in [4.78, 5) is 22.9. The van der Waals surface area contributed by atoms with Crippen molar-refractivity contribution < 1.29 is 27.5 Å². The van der Waals surface area contributed by atoms with Crippen LogP contribution in [0.4, 0.5) is 10.1 Å². The van der Waals surface area contributed by atoms with Gasteiger partial charge in [0.1, 0.15) is 11.9 Å². The zero-order chi connectivity index (χ0) is 16.2. The molecule has 0 radical (unpaired) electrons. The number of rotatable bonds is 6. The first-order valence-corrected chi connectivity index (χ1v) is 7.84. The van der Waals surface area contributed by atoms with Gasteiger partial charge in [-0.1, -0.05) is 6.92 Å². The van der Waals surface area contributed by atoms with Crippen LogP contribution < -0.4 is 10.0 Å². The Bertz CT molecular complexity index is 660. The predicted octanol–water partition coefficient (Wildman–Crippen LogP) is 0.790. The van der Waals surface area contributed by atoms with Gasteiger partial charge in [0, 0.05) is 0 Å². The van der Waals surface area contributed by atoms with Crippen molar-refractivity contribution in [2.75, 3.05) is 11.0 Å². The SMILES string of the molecule is CCC(NC(=O)c1cc(F)ccc1NS(C)(=O)=O)C(=O)O. The van der Waals surface area contributed by atoms with E-state index in [9.17, 15) is 22.4 Å². The van der Waals surface area contributed by atoms with Crippen LogP contribution in [0.5, 0.6) is 0 Å². The number of carbonyl (C=O) groups excluding carboxylic acids is 1. The molecule has 0 saturated carbocycles. The van der Waals surface area contributed by atoms with E-state index >= 15 is 0 Å². The van der Waals surface area contributed by atoms with Crippen LogP contribution in [0.25, 0.3) is 0 Å². The van der Waals surface area contributed by atoms with Gasteiger partial charge in [0.15, 0.2) is 0 Å². The Kier molecular flexibility index (Phi) is 5.25. The van der Waals surface area contributed by atoms with Gasteiger partial charge in [0.25, 0.3) is 5.91 Å². The minimum absolute atomic E-state index is 0.128. The molecule has 1 aromatic rings. The topological polar surface area (TPSA) is 113 Å². The van der Waals surface area contributed by atoms with Gasteiger partial charge in [-0.2, -0.15) is 0 Å². The smallest absolute Gasteiger partial charge is 0.326 e. The summed E-state index contributed by atoms with van der Waals surface area (Å²) < 4.78 is 37.8. The highest BCUT2D eigenvalue weighted by Gasteiger charge is 2.21. The first-order chi connectivity index (χ1) is 9.64. The van der Waals surface area contributed by atoms with E-state index in [0.29, 0.717) is 0 Å². The van der Waals surface area contributed by atoms with Crippen LogP contribution in [0, 0.1) is 5.82 Å². The van der Waals surface area contributed by atoms with E-state index < -0.39 is 33.8 Å². The number of hydrogen-bond acceptors (Lipinski definition) is 4. The van der Waals surface area contributed by atoms with E-state index in [-0.39, 0.29) is 17.7 Å². The van der Waals surface area contributed by atoms with Gasteiger partial charge in [-0.15, -0.1) is 0 Å². The molecule has 1 amide bonds. The minimum Gasteiger partial charge on any atom is -0.480 e. The number of anilines is 1. The molecule has 0 aliphatic heterocycles. The van der Waals surface area contributed by atoms with Crippen LogP contribution >= 0.6 is 0 Å². The summed E-state index contributed by atoms with van der Waals surface area (Å²) in [6.07, 6.45) is 1.01. The Hall–Kier alpha value is -2.16. The second-order valence-corrected chi connectivity index (χ2v) is 6.09. The molecule has 1 unspecified atom stereocenters. The summed E-state index contributed by atoms with van der Waals surface area (Å²) in [6, 6.07) is 1.76. The Balaban J connectivity index is 3.13. The van der Waals surface area contributed by atoms with Crippen LogP contribution in [0.3, 0.4) is 0 Å². The number of aliphatic carboxylic acids is 1. The molecular weight excluding hydrogens is 303 g/mol. The van der Waals surface area contributed by atoms with Crippen LogP contribution in [-0.4, -0.2) is 37.7 Å². The van der Waals surface area contributed by atoms with Crippen LogP contribution in [-0.2, 0) is 14.8 Å². The van der Waals surface area contributed by atoms with Crippen molar-refractivity contribution in [1.29, 1.82) is 0 Å². The Morgan fingerprint density at radius 3 is 2.48 bits per heavy atom. The van der Waals surface area contributed by atoms with Crippen molar-refractivity contribution in [2.24, 2.45) is 0 Å². The highest BCUT2D eigenvalue weighted by molar-refractivity contribution is 7.92. The van der Waals surface area contributed by atoms with E-state index in [1.165, 1.54) is 0 Å². The maximum atomic E-state index is 13.2. The maximum absolute atomic E-state index is 13.2. The molecule has 0 heterocycles. The monoisotopic (exact) mass is 318 g/mol. The number of carbonyl (C=O) groups is 2. The lowest BCUT2D eigenvalue weighted by molar-refractivity contribution is -0.139. The molecule has 0 saturated heterocycles. The second kappa shape index (κ2) is 6.53. The number of sulfonamides is 1. The Labute approximate surface area is 121 Å². The van der Waals surface area contributed by atoms with Crippen LogP contribution in [0.2, 0.25) is 0 Å². The van der Waals surface area contributed by atoms with E-state index in [4.69, 9.17) is 5.11 Å². The van der Waals surface area contributed by atoms with Gasteiger partial charge in [0.05, 0.1) is 17.5 Å². The molecule has 9 heteroatoms. The number of amides is 1. The van der Waals surface area contributed by atoms with Crippen molar-refractivity contribution in [2.45, 2.75) is 19.4 Å². The average molecular weight is 318 g/mol. The molecule has 0 spiro atoms. The fraction of sp³-hybridized carbons (Fsp3) is 0.333. The quantitative estimate of drug-likeness (QED) is 0.718. The molecule has 1 aromatic carbocycles. The van der Waals surface area contributed by atoms with E-state index in [0.717, 1.165) is 24.5 Å². The number of hydrogen-bond donors (Lipinski definition) is 3. The van der Waals surface area contributed by atoms with Crippen molar-refractivity contribution in [3.8, 4) is 0 Å². The summed E-state index contributed by atoms with van der Waals surface area (Å²) in [7, 11) is -3.67. The lowest BCUT2D eigenvalue weighted by Crippen LogP contribution is -2.40. The highest BCUT2D eigenvalue weighted by atomic mass is 32.2. The average Bonchev–Trinajstić information content (AvgIpc) is 2.35. The van der Waals surface area contributed by atoms with Crippen LogP contribution in [0.1, 0.15) is 23.7 Å². The first kappa shape index (κ1) is 16.9. The number of halogens is 1. The lowest BCUT2D eigenvalue weighted by atomic mass is 10.1. The zero-order valence-corrected chi connectivity index (χ0v) is 12.2. The second-order valence-electron chi connectivity index (χ2n) is 4.34. The summed E-state index contributed by atoms with van der Waals surface area (Å²) >= 11 is 0. The van der Waals surface area contributed by atoms with Gasteiger partial charge in [-0.3, -0.25) is 9.52 Å². The highest BCUT2D eigenvalue weighted by Crippen LogP contribution is 2.18. The number of nitrogens with one attached hydrogen (secondary N) is 2. The first-order valence-electron chi connectivity index (χ1n) is 5.95. The third kappa shape index (κ3) is 5.03. The van der Waals surface area contributed by atoms with Gasteiger partial charge >= 0.3 is 5.97 Å². The number of carboxylic acids is 1. The molecule has 0 bridgehead atoms. The standard InChI is InChI=1S/C12H15FN2O5S/c1-3-9(12(17)18)14-11(16)8-6-7(13)4-5-10(8)15-21(2,19)20/h4-6,9,15H,3H2,1-2H3,(H,14,16)(H,17,18). The maximum Gasteiger partial charge on any atom is 0.326 e. The molecule has 1 rings (SSSR count). The van der Waals surface area contributed by atoms with E-state index in [2.05, 4.69) is 10.0 Å². The molecule has 3 N–H and O–H groups in total. The Morgan fingerprint density at radius 1 is 1.38 bits per heavy atom. The largest absolute Gasteiger partial charge is 0.480 e. The molecule has 0 aliphatic rings. The minimum atomic E-state index is -3.67. The molecule has 0 fully saturated rings. The number of carboxylic acid groups (broad SMARTS) is 1. The molecular formula is C12H15FN2O5S. The van der Waals surface area contributed by atoms with Crippen molar-refractivity contribution in [1.82, 2.24) is 5.32 Å². The van der Waals surface area contributed by atoms with E-state index in [1.807, 2.05) is 0 Å². The van der Waals surface area contributed by atoms with Crippen molar-refractivity contribution in [3.63, 3.8) is 0 Å². The fourth-order valence-corrected chi connectivity index (χ4v) is 2.14. The van der Waals surface area contributed by atoms with Crippen LogP contribution in [0.15, 0.2) is 18.2 Å². The predicted molar refractivity (Wildman–Crippen MR) is 74.0 cm³/mol. The summed E-state index contributed by atoms with van der Waals surface area (Å²) in [5.74, 6) is -2.86. The number of benzene rings is 1. The molecule has 116 valence electrons. The molecule has 1 atom stereocenters. The van der Waals surface area contributed by atoms with Crippen molar-refractivity contribution >= 4 is 27.6 Å². The summed E-state index contributed by atoms with van der Waals surface area (Å²) in [6.45, 7) is 1.56. The molecule has 7 nitrogen and oxygen atoms in total. The third-order valence-corrected chi connectivity index (χ3v) is 3.12. The van der Waals surface area contributed by atoms with Gasteiger partial charge in [0.2, 0.25) is 10.0 Å². The molecule has 0 aromatic heterocycles.